The summed E-state index contributed by atoms with van der Waals surface area (Å²) in [6.45, 7) is 4.52. The molecule has 240 valence electrons. The number of carbonyl (C=O) groups excluding carboxylic acids is 2. The molecule has 0 radical (unpaired) electrons. The van der Waals surface area contributed by atoms with Crippen molar-refractivity contribution in [2.24, 2.45) is 5.92 Å². The molecule has 2 aromatic heterocycles. The van der Waals surface area contributed by atoms with E-state index >= 15 is 0 Å². The highest BCUT2D eigenvalue weighted by Gasteiger charge is 2.51. The van der Waals surface area contributed by atoms with Gasteiger partial charge in [-0.1, -0.05) is 38.1 Å². The number of alkyl carbamates (subject to hydrolysis) is 1. The van der Waals surface area contributed by atoms with Gasteiger partial charge in [-0.25, -0.2) is 19.7 Å². The van der Waals surface area contributed by atoms with Crippen molar-refractivity contribution in [3.63, 3.8) is 0 Å². The number of hydrogen-bond donors (Lipinski definition) is 3. The molecule has 46 heavy (non-hydrogen) atoms. The van der Waals surface area contributed by atoms with Gasteiger partial charge >= 0.3 is 6.09 Å². The Morgan fingerprint density at radius 3 is 2.43 bits per heavy atom. The summed E-state index contributed by atoms with van der Waals surface area (Å²) >= 11 is 0. The Bertz CT molecular complexity index is 1710. The molecule has 10 nitrogen and oxygen atoms in total. The van der Waals surface area contributed by atoms with Crippen LogP contribution in [0.3, 0.4) is 0 Å². The third kappa shape index (κ3) is 5.37. The first kappa shape index (κ1) is 30.2. The fraction of sp³-hybridized carbons (Fsp3) is 0.472. The van der Waals surface area contributed by atoms with Crippen molar-refractivity contribution in [2.75, 3.05) is 19.0 Å². The van der Waals surface area contributed by atoms with E-state index in [9.17, 15) is 9.59 Å². The number of rotatable bonds is 8. The standard InChI is InChI=1S/C36H43N7O3/c1-23(2)30(42-34(45)46-3)33(44)43-19-7-10-28(43)32-37-21-29(41-32)36-16-13-35(14-17-36,15-18-36)24-11-12-27-26(20-24)31(39-22-38-27)40-25-8-5-4-6-9-25/h4-6,8-9,11-12,20-23,28,30H,7,10,13-19H2,1-3H3,(H,37,41)(H,42,45)(H,38,39,40)/t28-,30-,35?,36?/m0/s1. The number of methoxy groups -OCH3 is 1. The van der Waals surface area contributed by atoms with E-state index in [1.165, 1.54) is 18.4 Å². The molecule has 3 aliphatic carbocycles. The van der Waals surface area contributed by atoms with Gasteiger partial charge in [0.25, 0.3) is 0 Å². The predicted octanol–water partition coefficient (Wildman–Crippen LogP) is 6.68. The second-order valence-corrected chi connectivity index (χ2v) is 13.7. The first-order valence-corrected chi connectivity index (χ1v) is 16.6. The maximum absolute atomic E-state index is 13.6. The van der Waals surface area contributed by atoms with Gasteiger partial charge in [0.05, 0.1) is 18.7 Å². The minimum absolute atomic E-state index is 0.0644. The molecule has 2 amide bonds. The first-order chi connectivity index (χ1) is 22.3. The molecular formula is C36H43N7O3. The van der Waals surface area contributed by atoms with E-state index in [4.69, 9.17) is 9.72 Å². The van der Waals surface area contributed by atoms with Crippen molar-refractivity contribution >= 4 is 34.4 Å². The third-order valence-electron chi connectivity index (χ3n) is 10.9. The largest absolute Gasteiger partial charge is 0.453 e. The van der Waals surface area contributed by atoms with E-state index in [1.54, 1.807) is 6.33 Å². The number of amides is 2. The number of benzene rings is 2. The summed E-state index contributed by atoms with van der Waals surface area (Å²) in [6, 6.07) is 16.1. The van der Waals surface area contributed by atoms with E-state index in [2.05, 4.69) is 43.8 Å². The van der Waals surface area contributed by atoms with Crippen LogP contribution in [-0.4, -0.2) is 56.5 Å². The van der Waals surface area contributed by atoms with Gasteiger partial charge < -0.3 is 25.3 Å². The maximum Gasteiger partial charge on any atom is 0.407 e. The number of ether oxygens (including phenoxy) is 1. The molecule has 8 rings (SSSR count). The number of nitrogens with zero attached hydrogens (tertiary/aromatic N) is 4. The summed E-state index contributed by atoms with van der Waals surface area (Å²) in [7, 11) is 1.32. The molecule has 2 aromatic carbocycles. The van der Waals surface area contributed by atoms with E-state index in [0.717, 1.165) is 79.6 Å². The van der Waals surface area contributed by atoms with Crippen LogP contribution >= 0.6 is 0 Å². The third-order valence-corrected chi connectivity index (χ3v) is 10.9. The average molecular weight is 622 g/mol. The summed E-state index contributed by atoms with van der Waals surface area (Å²) in [5, 5.41) is 7.28. The van der Waals surface area contributed by atoms with Crippen LogP contribution in [0, 0.1) is 5.92 Å². The SMILES string of the molecule is COC(=O)N[C@H](C(=O)N1CCC[C@H]1c1ncc(C23CCC(c4ccc5ncnc(Nc6ccccc6)c5c4)(CC2)CC3)[nH]1)C(C)C. The van der Waals surface area contributed by atoms with Gasteiger partial charge in [-0.05, 0) is 92.5 Å². The van der Waals surface area contributed by atoms with Crippen LogP contribution in [0.25, 0.3) is 10.9 Å². The molecule has 10 heteroatoms. The van der Waals surface area contributed by atoms with Gasteiger partial charge in [-0.3, -0.25) is 4.79 Å². The summed E-state index contributed by atoms with van der Waals surface area (Å²) in [5.41, 5.74) is 4.75. The molecule has 2 bridgehead atoms. The maximum atomic E-state index is 13.6. The highest BCUT2D eigenvalue weighted by atomic mass is 16.5. The zero-order chi connectivity index (χ0) is 31.9. The van der Waals surface area contributed by atoms with Crippen LogP contribution in [-0.2, 0) is 20.4 Å². The number of fused-ring (bicyclic) bond motifs is 4. The van der Waals surface area contributed by atoms with E-state index in [-0.39, 0.29) is 28.7 Å². The normalized spacial score (nSPS) is 24.7. The van der Waals surface area contributed by atoms with Gasteiger partial charge in [-0.2, -0.15) is 0 Å². The quantitative estimate of drug-likeness (QED) is 0.200. The zero-order valence-electron chi connectivity index (χ0n) is 26.9. The number of para-hydroxylation sites is 1. The van der Waals surface area contributed by atoms with Crippen LogP contribution in [0.4, 0.5) is 16.3 Å². The zero-order valence-corrected chi connectivity index (χ0v) is 26.9. The number of carbonyl (C=O) groups is 2. The molecule has 4 aliphatic rings. The lowest BCUT2D eigenvalue weighted by Gasteiger charge is -2.53. The monoisotopic (exact) mass is 621 g/mol. The van der Waals surface area contributed by atoms with E-state index in [1.807, 2.05) is 55.3 Å². The van der Waals surface area contributed by atoms with Crippen LogP contribution in [0.2, 0.25) is 0 Å². The number of anilines is 2. The summed E-state index contributed by atoms with van der Waals surface area (Å²) in [6.07, 6.45) is 11.5. The fourth-order valence-corrected chi connectivity index (χ4v) is 8.14. The molecule has 1 aliphatic heterocycles. The summed E-state index contributed by atoms with van der Waals surface area (Å²) in [4.78, 5) is 45.2. The van der Waals surface area contributed by atoms with Crippen LogP contribution < -0.4 is 10.6 Å². The molecule has 1 saturated heterocycles. The summed E-state index contributed by atoms with van der Waals surface area (Å²) in [5.74, 6) is 1.54. The topological polar surface area (TPSA) is 125 Å². The lowest BCUT2D eigenvalue weighted by atomic mass is 9.51. The second kappa shape index (κ2) is 12.0. The molecule has 0 unspecified atom stereocenters. The van der Waals surface area contributed by atoms with Gasteiger partial charge in [-0.15, -0.1) is 0 Å². The average Bonchev–Trinajstić information content (AvgIpc) is 3.79. The van der Waals surface area contributed by atoms with Crippen molar-refractivity contribution in [1.82, 2.24) is 30.2 Å². The lowest BCUT2D eigenvalue weighted by molar-refractivity contribution is -0.135. The number of likely N-dealkylation sites (tertiary alicyclic amines) is 1. The Morgan fingerprint density at radius 2 is 1.72 bits per heavy atom. The highest BCUT2D eigenvalue weighted by molar-refractivity contribution is 5.91. The second-order valence-electron chi connectivity index (χ2n) is 13.7. The lowest BCUT2D eigenvalue weighted by Crippen LogP contribution is -2.51. The van der Waals surface area contributed by atoms with Crippen molar-refractivity contribution < 1.29 is 14.3 Å². The molecule has 4 aromatic rings. The molecule has 3 heterocycles. The number of imidazole rings is 1. The number of aromatic nitrogens is 4. The van der Waals surface area contributed by atoms with Crippen molar-refractivity contribution in [3.05, 3.63) is 78.1 Å². The minimum Gasteiger partial charge on any atom is -0.453 e. The smallest absolute Gasteiger partial charge is 0.407 e. The van der Waals surface area contributed by atoms with Gasteiger partial charge in [0, 0.05) is 34.9 Å². The van der Waals surface area contributed by atoms with Crippen molar-refractivity contribution in [3.8, 4) is 0 Å². The van der Waals surface area contributed by atoms with Gasteiger partial charge in [0.15, 0.2) is 0 Å². The highest BCUT2D eigenvalue weighted by Crippen LogP contribution is 2.58. The van der Waals surface area contributed by atoms with Crippen LogP contribution in [0.15, 0.2) is 61.1 Å². The van der Waals surface area contributed by atoms with E-state index in [0.29, 0.717) is 6.54 Å². The Kier molecular flexibility index (Phi) is 7.90. The first-order valence-electron chi connectivity index (χ1n) is 16.6. The van der Waals surface area contributed by atoms with E-state index < -0.39 is 12.1 Å². The van der Waals surface area contributed by atoms with Crippen molar-refractivity contribution in [2.45, 2.75) is 88.1 Å². The molecule has 2 atom stereocenters. The fourth-order valence-electron chi connectivity index (χ4n) is 8.14. The van der Waals surface area contributed by atoms with Gasteiger partial charge in [0.2, 0.25) is 5.91 Å². The molecule has 0 spiro atoms. The minimum atomic E-state index is -0.641. The summed E-state index contributed by atoms with van der Waals surface area (Å²) < 4.78 is 4.79. The Hall–Kier alpha value is -4.47. The molecule has 4 fully saturated rings. The van der Waals surface area contributed by atoms with Crippen LogP contribution in [0.5, 0.6) is 0 Å². The number of H-pyrrole nitrogens is 1. The Labute approximate surface area is 269 Å². The van der Waals surface area contributed by atoms with Crippen LogP contribution in [0.1, 0.15) is 88.3 Å². The Balaban J connectivity index is 1.08. The Morgan fingerprint density at radius 1 is 0.978 bits per heavy atom. The van der Waals surface area contributed by atoms with Gasteiger partial charge in [0.1, 0.15) is 24.0 Å². The number of nitrogens with one attached hydrogen (secondary N) is 3. The predicted molar refractivity (Wildman–Crippen MR) is 177 cm³/mol. The molecule has 3 saturated carbocycles. The van der Waals surface area contributed by atoms with Crippen molar-refractivity contribution in [1.29, 1.82) is 0 Å². The number of hydrogen-bond acceptors (Lipinski definition) is 7. The number of aromatic amines is 1. The molecular weight excluding hydrogens is 578 g/mol. The molecule has 3 N–H and O–H groups in total.